The molecule has 2 nitrogen and oxygen atoms in total. The van der Waals surface area contributed by atoms with Crippen molar-refractivity contribution in [3.8, 4) is 10.8 Å². The standard InChI is InChI=1S/2CHNS.2Na/c2*2-1-3;;/h2*3H;;/q;;2*+1/p-2. The van der Waals surface area contributed by atoms with E-state index in [2.05, 4.69) is 25.3 Å². The first kappa shape index (κ1) is 22.7. The van der Waals surface area contributed by atoms with Gasteiger partial charge in [0, 0.05) is 0 Å². The third-order valence-electron chi connectivity index (χ3n) is 0. The second-order valence-electron chi connectivity index (χ2n) is 0.183. The molecule has 0 aliphatic carbocycles. The third kappa shape index (κ3) is 152. The summed E-state index contributed by atoms with van der Waals surface area (Å²) in [5.41, 5.74) is 0. The molecular weight excluding hydrogens is 162 g/mol. The Hall–Kier alpha value is 1.42. The van der Waals surface area contributed by atoms with Crippen LogP contribution in [0.3, 0.4) is 0 Å². The van der Waals surface area contributed by atoms with Crippen LogP contribution in [0.1, 0.15) is 0 Å². The Balaban J connectivity index is -0.0000000160. The van der Waals surface area contributed by atoms with Gasteiger partial charge in [-0.15, -0.1) is 0 Å². The van der Waals surface area contributed by atoms with Crippen LogP contribution >= 0.6 is 0 Å². The van der Waals surface area contributed by atoms with E-state index >= 15 is 0 Å². The van der Waals surface area contributed by atoms with Gasteiger partial charge in [-0.2, -0.15) is 0 Å². The number of hydrogen-bond donors (Lipinski definition) is 0. The number of nitrogens with zero attached hydrogens (tertiary/aromatic N) is 2. The van der Waals surface area contributed by atoms with E-state index in [1.807, 2.05) is 0 Å². The summed E-state index contributed by atoms with van der Waals surface area (Å²) in [4.78, 5) is 0. The number of thiocyanates is 2. The predicted octanol–water partition coefficient (Wildman–Crippen LogP) is -5.96. The van der Waals surface area contributed by atoms with Crippen LogP contribution in [0.2, 0.25) is 0 Å². The predicted molar refractivity (Wildman–Crippen MR) is 26.0 cm³/mol. The summed E-state index contributed by atoms with van der Waals surface area (Å²) >= 11 is 7.40. The summed E-state index contributed by atoms with van der Waals surface area (Å²) < 4.78 is 0. The molecule has 0 bridgehead atoms. The normalized spacial score (nSPS) is 1.75. The van der Waals surface area contributed by atoms with Gasteiger partial charge in [0.2, 0.25) is 0 Å². The maximum Gasteiger partial charge on any atom is 1.00 e. The topological polar surface area (TPSA) is 47.6 Å². The third-order valence-corrected chi connectivity index (χ3v) is 0. The fourth-order valence-electron chi connectivity index (χ4n) is 0. The molecule has 32 valence electrons. The molecule has 0 aromatic carbocycles. The van der Waals surface area contributed by atoms with Crippen molar-refractivity contribution in [2.45, 2.75) is 0 Å². The minimum absolute atomic E-state index is 0. The van der Waals surface area contributed by atoms with E-state index in [1.165, 1.54) is 10.8 Å². The summed E-state index contributed by atoms with van der Waals surface area (Å²) in [5, 5.41) is 16.9. The van der Waals surface area contributed by atoms with Crippen LogP contribution in [-0.4, -0.2) is 0 Å². The fourth-order valence-corrected chi connectivity index (χ4v) is 0. The molecule has 0 N–H and O–H groups in total. The molecule has 0 unspecified atom stereocenters. The first-order valence-corrected chi connectivity index (χ1v) is 1.67. The van der Waals surface area contributed by atoms with Gasteiger partial charge in [0.25, 0.3) is 0 Å². The van der Waals surface area contributed by atoms with Gasteiger partial charge >= 0.3 is 59.1 Å². The Morgan fingerprint density at radius 1 is 0.875 bits per heavy atom. The van der Waals surface area contributed by atoms with Crippen LogP contribution in [0.4, 0.5) is 0 Å². The van der Waals surface area contributed by atoms with Crippen LogP contribution in [0.25, 0.3) is 0 Å². The van der Waals surface area contributed by atoms with Gasteiger partial charge in [-0.05, 0) is 0 Å². The van der Waals surface area contributed by atoms with E-state index < -0.39 is 0 Å². The minimum Gasteiger partial charge on any atom is -0.696 e. The summed E-state index contributed by atoms with van der Waals surface area (Å²) in [6.45, 7) is 0. The zero-order valence-corrected chi connectivity index (χ0v) is 10.3. The van der Waals surface area contributed by atoms with Crippen LogP contribution in [0, 0.1) is 21.3 Å². The first-order chi connectivity index (χ1) is 2.83. The Labute approximate surface area is 104 Å². The first-order valence-electron chi connectivity index (χ1n) is 0.855. The Morgan fingerprint density at radius 3 is 0.875 bits per heavy atom. The molecule has 0 aliphatic heterocycles. The van der Waals surface area contributed by atoms with E-state index in [9.17, 15) is 0 Å². The molecule has 0 amide bonds. The molecule has 0 aromatic heterocycles. The molecule has 8 heavy (non-hydrogen) atoms. The van der Waals surface area contributed by atoms with Crippen molar-refractivity contribution in [3.63, 3.8) is 0 Å². The quantitative estimate of drug-likeness (QED) is 0.202. The van der Waals surface area contributed by atoms with E-state index in [1.54, 1.807) is 0 Å². The molecule has 0 saturated carbocycles. The van der Waals surface area contributed by atoms with Crippen molar-refractivity contribution < 1.29 is 59.1 Å². The molecule has 0 spiro atoms. The van der Waals surface area contributed by atoms with Crippen molar-refractivity contribution in [2.24, 2.45) is 0 Å². The van der Waals surface area contributed by atoms with Crippen molar-refractivity contribution in [3.05, 3.63) is 0 Å². The van der Waals surface area contributed by atoms with Crippen LogP contribution < -0.4 is 59.1 Å². The van der Waals surface area contributed by atoms with Crippen molar-refractivity contribution in [1.29, 1.82) is 10.5 Å². The summed E-state index contributed by atoms with van der Waals surface area (Å²) in [6, 6.07) is 0. The van der Waals surface area contributed by atoms with Gasteiger partial charge in [0.15, 0.2) is 0 Å². The molecular formula is C2N2Na2S2. The molecule has 6 heteroatoms. The number of hydrogen-bond acceptors (Lipinski definition) is 4. The molecule has 0 aromatic rings. The van der Waals surface area contributed by atoms with Gasteiger partial charge in [0.05, 0.1) is 0 Å². The largest absolute Gasteiger partial charge is 1.00 e. The van der Waals surface area contributed by atoms with Crippen molar-refractivity contribution in [2.75, 3.05) is 0 Å². The molecule has 0 saturated heterocycles. The Morgan fingerprint density at radius 2 is 0.875 bits per heavy atom. The molecule has 0 aliphatic rings. The summed E-state index contributed by atoms with van der Waals surface area (Å²) in [5.74, 6) is 0. The zero-order chi connectivity index (χ0) is 5.41. The van der Waals surface area contributed by atoms with Gasteiger partial charge < -0.3 is 25.3 Å². The zero-order valence-electron chi connectivity index (χ0n) is 4.71. The minimum atomic E-state index is 0. The van der Waals surface area contributed by atoms with Crippen LogP contribution in [-0.2, 0) is 25.3 Å². The van der Waals surface area contributed by atoms with Gasteiger partial charge in [0.1, 0.15) is 0 Å². The average Bonchev–Trinajstić information content (AvgIpc) is 1.39. The second kappa shape index (κ2) is 39.6. The molecule has 0 rings (SSSR count). The van der Waals surface area contributed by atoms with E-state index in [4.69, 9.17) is 10.5 Å². The smallest absolute Gasteiger partial charge is 0.696 e. The maximum absolute atomic E-state index is 7.13. The fraction of sp³-hybridized carbons (Fsp3) is 0. The van der Waals surface area contributed by atoms with Crippen LogP contribution in [0.15, 0.2) is 0 Å². The SMILES string of the molecule is N#C[S-].N#C[S-].[Na+].[Na+]. The Bertz CT molecular complexity index is 71.0. The van der Waals surface area contributed by atoms with Gasteiger partial charge in [-0.1, -0.05) is 10.8 Å². The molecule has 0 atom stereocenters. The van der Waals surface area contributed by atoms with E-state index in [-0.39, 0.29) is 59.1 Å². The number of rotatable bonds is 0. The molecule has 0 heterocycles. The summed E-state index contributed by atoms with van der Waals surface area (Å²) in [6.07, 6.45) is 0. The molecule has 0 radical (unpaired) electrons. The average molecular weight is 162 g/mol. The monoisotopic (exact) mass is 162 g/mol. The maximum atomic E-state index is 7.13. The van der Waals surface area contributed by atoms with E-state index in [0.29, 0.717) is 0 Å². The summed E-state index contributed by atoms with van der Waals surface area (Å²) in [7, 11) is 0. The van der Waals surface area contributed by atoms with Crippen LogP contribution in [0.5, 0.6) is 0 Å². The van der Waals surface area contributed by atoms with Gasteiger partial charge in [-0.3, -0.25) is 0 Å². The van der Waals surface area contributed by atoms with Crippen molar-refractivity contribution >= 4 is 25.3 Å². The Kier molecular flexibility index (Phi) is 113. The number of nitriles is 2. The second-order valence-corrected chi connectivity index (χ2v) is 0.548. The van der Waals surface area contributed by atoms with Gasteiger partial charge in [-0.25, -0.2) is 10.5 Å². The van der Waals surface area contributed by atoms with Crippen molar-refractivity contribution in [1.82, 2.24) is 0 Å². The van der Waals surface area contributed by atoms with E-state index in [0.717, 1.165) is 0 Å². The molecule has 0 fully saturated rings.